The van der Waals surface area contributed by atoms with Gasteiger partial charge in [-0.25, -0.2) is 4.79 Å². The summed E-state index contributed by atoms with van der Waals surface area (Å²) in [7, 11) is 0. The molecule has 0 aromatic heterocycles. The molecule has 1 amide bonds. The van der Waals surface area contributed by atoms with E-state index in [4.69, 9.17) is 16.7 Å². The highest BCUT2D eigenvalue weighted by atomic mass is 35.5. The number of aliphatic carboxylic acids is 1. The van der Waals surface area contributed by atoms with Crippen molar-refractivity contribution in [2.24, 2.45) is 5.92 Å². The van der Waals surface area contributed by atoms with E-state index < -0.39 is 17.3 Å². The summed E-state index contributed by atoms with van der Waals surface area (Å²) in [5.74, 6) is -1.51. The van der Waals surface area contributed by atoms with E-state index in [1.165, 1.54) is 11.8 Å². The molecule has 0 aliphatic rings. The van der Waals surface area contributed by atoms with Gasteiger partial charge in [0.2, 0.25) is 5.91 Å². The topological polar surface area (TPSA) is 66.4 Å². The number of benzene rings is 1. The molecule has 4 nitrogen and oxygen atoms in total. The molecule has 1 aromatic carbocycles. The van der Waals surface area contributed by atoms with Crippen LogP contribution in [0.2, 0.25) is 5.02 Å². The van der Waals surface area contributed by atoms with Gasteiger partial charge >= 0.3 is 5.97 Å². The van der Waals surface area contributed by atoms with Gasteiger partial charge in [-0.3, -0.25) is 4.79 Å². The molecular formula is C14H18ClNO3S. The number of hydrogen-bond acceptors (Lipinski definition) is 3. The van der Waals surface area contributed by atoms with Gasteiger partial charge in [0.15, 0.2) is 0 Å². The van der Waals surface area contributed by atoms with Gasteiger partial charge in [0.05, 0.1) is 10.3 Å². The lowest BCUT2D eigenvalue weighted by Crippen LogP contribution is -2.46. The van der Waals surface area contributed by atoms with E-state index >= 15 is 0 Å². The summed E-state index contributed by atoms with van der Waals surface area (Å²) in [5.41, 5.74) is 0. The van der Waals surface area contributed by atoms with E-state index in [1.807, 2.05) is 18.2 Å². The zero-order chi connectivity index (χ0) is 15.3. The van der Waals surface area contributed by atoms with E-state index in [2.05, 4.69) is 5.32 Å². The van der Waals surface area contributed by atoms with Crippen molar-refractivity contribution in [3.63, 3.8) is 0 Å². The van der Waals surface area contributed by atoms with Crippen molar-refractivity contribution in [3.8, 4) is 0 Å². The standard InChI is InChI=1S/C14H18ClNO3S/c1-8(2)12(14(18)19)16-13(17)9(3)20-11-7-5-4-6-10(11)15/h4-9,12H,1-3H3,(H,16,17)(H,18,19). The minimum absolute atomic E-state index is 0.172. The first-order valence-electron chi connectivity index (χ1n) is 6.27. The maximum absolute atomic E-state index is 12.0. The number of carboxylic acids is 1. The second-order valence-electron chi connectivity index (χ2n) is 4.76. The molecule has 2 atom stereocenters. The molecule has 6 heteroatoms. The SMILES string of the molecule is CC(Sc1ccccc1Cl)C(=O)NC(C(=O)O)C(C)C. The second-order valence-corrected chi connectivity index (χ2v) is 6.55. The molecule has 0 heterocycles. The molecule has 0 aliphatic heterocycles. The van der Waals surface area contributed by atoms with Crippen LogP contribution in [0.1, 0.15) is 20.8 Å². The number of hydrogen-bond donors (Lipinski definition) is 2. The normalized spacial score (nSPS) is 13.8. The maximum atomic E-state index is 12.0. The van der Waals surface area contributed by atoms with Gasteiger partial charge in [-0.05, 0) is 25.0 Å². The van der Waals surface area contributed by atoms with Crippen LogP contribution < -0.4 is 5.32 Å². The van der Waals surface area contributed by atoms with Crippen LogP contribution in [0.5, 0.6) is 0 Å². The lowest BCUT2D eigenvalue weighted by molar-refractivity contribution is -0.143. The van der Waals surface area contributed by atoms with Gasteiger partial charge in [0.25, 0.3) is 0 Å². The lowest BCUT2D eigenvalue weighted by atomic mass is 10.0. The molecule has 2 unspecified atom stereocenters. The van der Waals surface area contributed by atoms with Crippen molar-refractivity contribution in [2.45, 2.75) is 37.0 Å². The zero-order valence-corrected chi connectivity index (χ0v) is 13.2. The summed E-state index contributed by atoms with van der Waals surface area (Å²) in [6, 6.07) is 6.36. The van der Waals surface area contributed by atoms with Crippen LogP contribution in [0.15, 0.2) is 29.2 Å². The summed E-state index contributed by atoms with van der Waals surface area (Å²) >= 11 is 7.34. The Balaban J connectivity index is 2.68. The molecule has 20 heavy (non-hydrogen) atoms. The molecule has 0 spiro atoms. The van der Waals surface area contributed by atoms with E-state index in [-0.39, 0.29) is 11.8 Å². The molecule has 0 saturated carbocycles. The average Bonchev–Trinajstić information content (AvgIpc) is 2.37. The predicted molar refractivity (Wildman–Crippen MR) is 81.2 cm³/mol. The van der Waals surface area contributed by atoms with Gasteiger partial charge in [-0.2, -0.15) is 0 Å². The number of rotatable bonds is 6. The molecule has 0 fully saturated rings. The summed E-state index contributed by atoms with van der Waals surface area (Å²) < 4.78 is 0. The Kier molecular flexibility index (Phi) is 6.36. The summed E-state index contributed by atoms with van der Waals surface area (Å²) in [4.78, 5) is 23.9. The zero-order valence-electron chi connectivity index (χ0n) is 11.6. The van der Waals surface area contributed by atoms with Gasteiger partial charge in [-0.15, -0.1) is 11.8 Å². The lowest BCUT2D eigenvalue weighted by Gasteiger charge is -2.20. The van der Waals surface area contributed by atoms with E-state index in [1.54, 1.807) is 26.8 Å². The van der Waals surface area contributed by atoms with Crippen LogP contribution in [-0.2, 0) is 9.59 Å². The van der Waals surface area contributed by atoms with Gasteiger partial charge < -0.3 is 10.4 Å². The minimum Gasteiger partial charge on any atom is -0.480 e. The van der Waals surface area contributed by atoms with Crippen LogP contribution in [-0.4, -0.2) is 28.3 Å². The Morgan fingerprint density at radius 1 is 1.25 bits per heavy atom. The smallest absolute Gasteiger partial charge is 0.326 e. The first-order chi connectivity index (χ1) is 9.32. The fraction of sp³-hybridized carbons (Fsp3) is 0.429. The Morgan fingerprint density at radius 3 is 2.35 bits per heavy atom. The van der Waals surface area contributed by atoms with Crippen molar-refractivity contribution in [2.75, 3.05) is 0 Å². The van der Waals surface area contributed by atoms with Crippen LogP contribution >= 0.6 is 23.4 Å². The number of halogens is 1. The fourth-order valence-electron chi connectivity index (χ4n) is 1.57. The highest BCUT2D eigenvalue weighted by Gasteiger charge is 2.26. The van der Waals surface area contributed by atoms with Gasteiger partial charge in [0, 0.05) is 4.90 Å². The van der Waals surface area contributed by atoms with E-state index in [9.17, 15) is 9.59 Å². The number of carboxylic acid groups (broad SMARTS) is 1. The van der Waals surface area contributed by atoms with Crippen molar-refractivity contribution in [1.82, 2.24) is 5.32 Å². The van der Waals surface area contributed by atoms with Crippen molar-refractivity contribution in [1.29, 1.82) is 0 Å². The molecule has 2 N–H and O–H groups in total. The third kappa shape index (κ3) is 4.72. The average molecular weight is 316 g/mol. The van der Waals surface area contributed by atoms with Crippen molar-refractivity contribution < 1.29 is 14.7 Å². The van der Waals surface area contributed by atoms with E-state index in [0.29, 0.717) is 5.02 Å². The van der Waals surface area contributed by atoms with Crippen LogP contribution in [0.3, 0.4) is 0 Å². The monoisotopic (exact) mass is 315 g/mol. The number of carbonyl (C=O) groups is 2. The molecule has 1 rings (SSSR count). The summed E-state index contributed by atoms with van der Waals surface area (Å²) in [6.45, 7) is 5.23. The largest absolute Gasteiger partial charge is 0.480 e. The minimum atomic E-state index is -1.02. The molecule has 110 valence electrons. The molecular weight excluding hydrogens is 298 g/mol. The molecule has 1 aromatic rings. The van der Waals surface area contributed by atoms with E-state index in [0.717, 1.165) is 4.90 Å². The van der Waals surface area contributed by atoms with Crippen LogP contribution in [0.4, 0.5) is 0 Å². The van der Waals surface area contributed by atoms with Crippen molar-refractivity contribution >= 4 is 35.2 Å². The first kappa shape index (κ1) is 16.9. The quantitative estimate of drug-likeness (QED) is 0.792. The Morgan fingerprint density at radius 2 is 1.85 bits per heavy atom. The number of thioether (sulfide) groups is 1. The molecule has 0 aliphatic carbocycles. The Labute approximate surface area is 127 Å². The Hall–Kier alpha value is -1.20. The number of nitrogens with one attached hydrogen (secondary N) is 1. The predicted octanol–water partition coefficient (Wildman–Crippen LogP) is 3.05. The molecule has 0 bridgehead atoms. The highest BCUT2D eigenvalue weighted by Crippen LogP contribution is 2.30. The third-order valence-electron chi connectivity index (χ3n) is 2.74. The molecule has 0 radical (unpaired) electrons. The third-order valence-corrected chi connectivity index (χ3v) is 4.36. The summed E-state index contributed by atoms with van der Waals surface area (Å²) in [5, 5.41) is 11.8. The Bertz CT molecular complexity index is 493. The van der Waals surface area contributed by atoms with Gasteiger partial charge in [0.1, 0.15) is 6.04 Å². The van der Waals surface area contributed by atoms with Crippen molar-refractivity contribution in [3.05, 3.63) is 29.3 Å². The van der Waals surface area contributed by atoms with Crippen LogP contribution in [0.25, 0.3) is 0 Å². The van der Waals surface area contributed by atoms with Crippen LogP contribution in [0, 0.1) is 5.92 Å². The first-order valence-corrected chi connectivity index (χ1v) is 7.53. The second kappa shape index (κ2) is 7.55. The number of carbonyl (C=O) groups excluding carboxylic acids is 1. The fourth-order valence-corrected chi connectivity index (χ4v) is 2.73. The maximum Gasteiger partial charge on any atom is 0.326 e. The van der Waals surface area contributed by atoms with Gasteiger partial charge in [-0.1, -0.05) is 37.6 Å². The summed E-state index contributed by atoms with van der Waals surface area (Å²) in [6.07, 6.45) is 0. The number of amides is 1. The highest BCUT2D eigenvalue weighted by molar-refractivity contribution is 8.00. The molecule has 0 saturated heterocycles.